The van der Waals surface area contributed by atoms with Gasteiger partial charge in [-0.3, -0.25) is 4.79 Å². The van der Waals surface area contributed by atoms with Crippen LogP contribution in [0.3, 0.4) is 0 Å². The number of amides is 1. The van der Waals surface area contributed by atoms with Crippen LogP contribution in [0, 0.1) is 6.92 Å². The number of rotatable bonds is 9. The zero-order valence-electron chi connectivity index (χ0n) is 22.9. The Hall–Kier alpha value is -5.37. The van der Waals surface area contributed by atoms with Crippen LogP contribution in [0.1, 0.15) is 38.9 Å². The lowest BCUT2D eigenvalue weighted by Crippen LogP contribution is -2.19. The molecule has 2 N–H and O–H groups in total. The fourth-order valence-electron chi connectivity index (χ4n) is 4.53. The highest BCUT2D eigenvalue weighted by atomic mass is 16.6. The molecule has 0 unspecified atom stereocenters. The normalized spacial score (nSPS) is 11.0. The third-order valence-corrected chi connectivity index (χ3v) is 6.49. The van der Waals surface area contributed by atoms with Gasteiger partial charge in [0.25, 0.3) is 5.91 Å². The van der Waals surface area contributed by atoms with E-state index in [4.69, 9.17) is 14.2 Å². The van der Waals surface area contributed by atoms with Gasteiger partial charge in [-0.1, -0.05) is 54.6 Å². The van der Waals surface area contributed by atoms with E-state index in [1.165, 1.54) is 13.3 Å². The summed E-state index contributed by atoms with van der Waals surface area (Å²) < 4.78 is 16.5. The molecule has 0 aliphatic carbocycles. The molecule has 8 heteroatoms. The number of hydrogen-bond acceptors (Lipinski definition) is 6. The van der Waals surface area contributed by atoms with Gasteiger partial charge in [0.1, 0.15) is 11.4 Å². The number of hydrazone groups is 1. The maximum atomic E-state index is 13.3. The first-order valence-corrected chi connectivity index (χ1v) is 13.1. The smallest absolute Gasteiger partial charge is 0.343 e. The van der Waals surface area contributed by atoms with Crippen LogP contribution in [-0.4, -0.2) is 36.8 Å². The molecule has 0 spiro atoms. The number of aromatic nitrogens is 1. The number of nitrogens with one attached hydrogen (secondary N) is 2. The number of methoxy groups -OCH3 is 1. The molecule has 8 nitrogen and oxygen atoms in total. The number of hydrogen-bond donors (Lipinski definition) is 2. The number of ether oxygens (including phenoxy) is 3. The second-order valence-electron chi connectivity index (χ2n) is 9.20. The fraction of sp³-hybridized carbons (Fsp3) is 0.121. The van der Waals surface area contributed by atoms with Crippen molar-refractivity contribution >= 4 is 29.0 Å². The summed E-state index contributed by atoms with van der Waals surface area (Å²) in [4.78, 5) is 29.3. The molecule has 0 radical (unpaired) electrons. The molecule has 0 bridgehead atoms. The van der Waals surface area contributed by atoms with Crippen LogP contribution in [0.25, 0.3) is 22.0 Å². The summed E-state index contributed by atoms with van der Waals surface area (Å²) in [5.41, 5.74) is 7.74. The Morgan fingerprint density at radius 1 is 0.927 bits per heavy atom. The van der Waals surface area contributed by atoms with Crippen molar-refractivity contribution in [1.82, 2.24) is 10.4 Å². The van der Waals surface area contributed by atoms with Gasteiger partial charge >= 0.3 is 5.97 Å². The average molecular weight is 548 g/mol. The van der Waals surface area contributed by atoms with Crippen molar-refractivity contribution in [3.63, 3.8) is 0 Å². The van der Waals surface area contributed by atoms with E-state index in [9.17, 15) is 9.59 Å². The molecule has 1 amide bonds. The number of fused-ring (bicyclic) bond motifs is 1. The van der Waals surface area contributed by atoms with Crippen molar-refractivity contribution < 1.29 is 23.8 Å². The topological polar surface area (TPSA) is 102 Å². The minimum absolute atomic E-state index is 0.266. The Morgan fingerprint density at radius 3 is 2.51 bits per heavy atom. The van der Waals surface area contributed by atoms with Crippen molar-refractivity contribution in [2.24, 2.45) is 5.10 Å². The molecule has 0 aliphatic rings. The van der Waals surface area contributed by atoms with Gasteiger partial charge in [-0.25, -0.2) is 10.2 Å². The van der Waals surface area contributed by atoms with Gasteiger partial charge in [-0.05, 0) is 66.9 Å². The minimum atomic E-state index is -0.540. The molecule has 0 atom stereocenters. The quantitative estimate of drug-likeness (QED) is 0.0945. The number of para-hydroxylation sites is 1. The molecule has 0 aliphatic heterocycles. The summed E-state index contributed by atoms with van der Waals surface area (Å²) in [5, 5.41) is 5.15. The number of carbonyl (C=O) groups excluding carboxylic acids is 2. The number of H-pyrrole nitrogens is 1. The predicted molar refractivity (Wildman–Crippen MR) is 159 cm³/mol. The lowest BCUT2D eigenvalue weighted by Gasteiger charge is -2.11. The lowest BCUT2D eigenvalue weighted by atomic mass is 10.0. The zero-order valence-corrected chi connectivity index (χ0v) is 22.9. The van der Waals surface area contributed by atoms with Crippen molar-refractivity contribution in [2.75, 3.05) is 13.7 Å². The molecule has 0 saturated heterocycles. The monoisotopic (exact) mass is 547 g/mol. The number of benzene rings is 4. The number of carbonyl (C=O) groups is 2. The third kappa shape index (κ3) is 5.96. The highest BCUT2D eigenvalue weighted by Crippen LogP contribution is 2.34. The van der Waals surface area contributed by atoms with Crippen LogP contribution in [0.2, 0.25) is 0 Å². The van der Waals surface area contributed by atoms with Crippen LogP contribution in [-0.2, 0) is 0 Å². The first-order valence-electron chi connectivity index (χ1n) is 13.1. The van der Waals surface area contributed by atoms with Gasteiger partial charge < -0.3 is 19.2 Å². The Morgan fingerprint density at radius 2 is 1.73 bits per heavy atom. The van der Waals surface area contributed by atoms with Gasteiger partial charge in [0.05, 0.1) is 25.5 Å². The number of nitrogens with zero attached hydrogens (tertiary/aromatic N) is 1. The highest BCUT2D eigenvalue weighted by molar-refractivity contribution is 6.10. The molecular weight excluding hydrogens is 518 g/mol. The van der Waals surface area contributed by atoms with E-state index in [1.54, 1.807) is 42.5 Å². The predicted octanol–water partition coefficient (Wildman–Crippen LogP) is 6.53. The number of aromatic amines is 1. The van der Waals surface area contributed by atoms with Crippen molar-refractivity contribution in [3.8, 4) is 28.4 Å². The molecule has 41 heavy (non-hydrogen) atoms. The molecule has 5 rings (SSSR count). The van der Waals surface area contributed by atoms with Crippen LogP contribution in [0.15, 0.2) is 96.1 Å². The summed E-state index contributed by atoms with van der Waals surface area (Å²) in [6.45, 7) is 4.20. The Labute approximate surface area is 237 Å². The second kappa shape index (κ2) is 12.2. The van der Waals surface area contributed by atoms with E-state index in [0.717, 1.165) is 27.6 Å². The van der Waals surface area contributed by atoms with E-state index < -0.39 is 5.97 Å². The van der Waals surface area contributed by atoms with Gasteiger partial charge in [-0.2, -0.15) is 5.10 Å². The summed E-state index contributed by atoms with van der Waals surface area (Å²) >= 11 is 0. The number of esters is 1. The summed E-state index contributed by atoms with van der Waals surface area (Å²) in [6, 6.07) is 27.5. The van der Waals surface area contributed by atoms with Gasteiger partial charge in [0.2, 0.25) is 0 Å². The van der Waals surface area contributed by atoms with E-state index >= 15 is 0 Å². The summed E-state index contributed by atoms with van der Waals surface area (Å²) in [7, 11) is 1.53. The summed E-state index contributed by atoms with van der Waals surface area (Å²) in [5.74, 6) is 0.278. The molecule has 0 saturated carbocycles. The van der Waals surface area contributed by atoms with Crippen molar-refractivity contribution in [3.05, 3.63) is 113 Å². The molecule has 1 heterocycles. The van der Waals surface area contributed by atoms with Crippen LogP contribution >= 0.6 is 0 Å². The van der Waals surface area contributed by atoms with Crippen molar-refractivity contribution in [2.45, 2.75) is 13.8 Å². The van der Waals surface area contributed by atoms with Gasteiger partial charge in [-0.15, -0.1) is 0 Å². The van der Waals surface area contributed by atoms with E-state index in [2.05, 4.69) is 15.5 Å². The molecule has 1 aromatic heterocycles. The lowest BCUT2D eigenvalue weighted by molar-refractivity contribution is 0.0727. The number of aryl methyl sites for hydroxylation is 1. The largest absolute Gasteiger partial charge is 0.497 e. The van der Waals surface area contributed by atoms with Gasteiger partial charge in [0.15, 0.2) is 11.5 Å². The second-order valence-corrected chi connectivity index (χ2v) is 9.20. The average Bonchev–Trinajstić information content (AvgIpc) is 3.40. The van der Waals surface area contributed by atoms with Crippen molar-refractivity contribution in [1.29, 1.82) is 0 Å². The first kappa shape index (κ1) is 27.2. The Balaban J connectivity index is 1.36. The van der Waals surface area contributed by atoms with Crippen LogP contribution < -0.4 is 19.6 Å². The molecule has 0 fully saturated rings. The minimum Gasteiger partial charge on any atom is -0.497 e. The van der Waals surface area contributed by atoms with Gasteiger partial charge in [0, 0.05) is 16.5 Å². The molecular formula is C33H29N3O5. The summed E-state index contributed by atoms with van der Waals surface area (Å²) in [6.07, 6.45) is 1.50. The molecule has 5 aromatic rings. The Bertz CT molecular complexity index is 1740. The Kier molecular flexibility index (Phi) is 8.10. The van der Waals surface area contributed by atoms with Crippen LogP contribution in [0.5, 0.6) is 17.2 Å². The standard InChI is InChI=1S/C33H29N3O5/c1-4-40-28-18-22(16-17-27(28)41-33(38)24-13-9-14-25(19-24)39-3)20-34-36-32(37)31-29(23-11-6-5-7-12-23)26-15-8-10-21(2)30(26)35-31/h5-20,35H,4H2,1-3H3,(H,36,37). The zero-order chi connectivity index (χ0) is 28.8. The molecule has 4 aromatic carbocycles. The SMILES string of the molecule is CCOc1cc(C=NNC(=O)c2[nH]c3c(C)cccc3c2-c2ccccc2)ccc1OC(=O)c1cccc(OC)c1. The van der Waals surface area contributed by atoms with E-state index in [0.29, 0.717) is 34.9 Å². The first-order chi connectivity index (χ1) is 20.0. The maximum Gasteiger partial charge on any atom is 0.343 e. The highest BCUT2D eigenvalue weighted by Gasteiger charge is 2.20. The maximum absolute atomic E-state index is 13.3. The third-order valence-electron chi connectivity index (χ3n) is 6.49. The fourth-order valence-corrected chi connectivity index (χ4v) is 4.53. The van der Waals surface area contributed by atoms with E-state index in [1.807, 2.05) is 62.4 Å². The van der Waals surface area contributed by atoms with E-state index in [-0.39, 0.29) is 11.7 Å². The molecule has 206 valence electrons. The van der Waals surface area contributed by atoms with Crippen LogP contribution in [0.4, 0.5) is 0 Å².